The summed E-state index contributed by atoms with van der Waals surface area (Å²) in [7, 11) is 0. The normalized spacial score (nSPS) is 22.1. The van der Waals surface area contributed by atoms with Gasteiger partial charge in [-0.1, -0.05) is 26.2 Å². The second-order valence-electron chi connectivity index (χ2n) is 5.49. The molecule has 2 aromatic heterocycles. The summed E-state index contributed by atoms with van der Waals surface area (Å²) in [4.78, 5) is 16.8. The molecule has 1 saturated carbocycles. The molecule has 112 valence electrons. The molecule has 2 unspecified atom stereocenters. The molecule has 0 amide bonds. The number of nitrogen functional groups attached to an aromatic ring is 1. The van der Waals surface area contributed by atoms with Crippen LogP contribution in [0.4, 0.5) is 11.9 Å². The number of hydrogen-bond donors (Lipinski definition) is 2. The first-order valence-corrected chi connectivity index (χ1v) is 7.52. The maximum absolute atomic E-state index is 5.80. The van der Waals surface area contributed by atoms with Crippen LogP contribution in [0.5, 0.6) is 0 Å². The Morgan fingerprint density at radius 3 is 2.90 bits per heavy atom. The average molecular weight is 287 g/mol. The van der Waals surface area contributed by atoms with Gasteiger partial charge < -0.3 is 11.1 Å². The molecule has 1 aliphatic rings. The number of hydrogen-bond acceptors (Lipinski definition) is 6. The third-order valence-corrected chi connectivity index (χ3v) is 4.12. The fourth-order valence-corrected chi connectivity index (χ4v) is 2.99. The summed E-state index contributed by atoms with van der Waals surface area (Å²) in [6.07, 6.45) is 11.3. The summed E-state index contributed by atoms with van der Waals surface area (Å²) in [5, 5.41) is 3.45. The number of nitrogens with one attached hydrogen (secondary N) is 1. The predicted octanol–water partition coefficient (Wildman–Crippen LogP) is 2.02. The van der Waals surface area contributed by atoms with Crippen molar-refractivity contribution in [2.45, 2.75) is 45.1 Å². The zero-order chi connectivity index (χ0) is 14.7. The zero-order valence-corrected chi connectivity index (χ0v) is 12.2. The molecule has 3 rings (SSSR count). The van der Waals surface area contributed by atoms with E-state index in [1.165, 1.54) is 25.7 Å². The Morgan fingerprint density at radius 1 is 1.29 bits per heavy atom. The number of imidazole rings is 1. The Hall–Kier alpha value is -2.18. The van der Waals surface area contributed by atoms with Gasteiger partial charge in [-0.15, -0.1) is 0 Å². The molecular weight excluding hydrogens is 266 g/mol. The maximum Gasteiger partial charge on any atom is 0.241 e. The molecule has 7 nitrogen and oxygen atoms in total. The van der Waals surface area contributed by atoms with Crippen LogP contribution >= 0.6 is 0 Å². The fraction of sp³-hybridized carbons (Fsp3) is 0.571. The summed E-state index contributed by atoms with van der Waals surface area (Å²) >= 11 is 0. The van der Waals surface area contributed by atoms with Crippen molar-refractivity contribution in [3.63, 3.8) is 0 Å². The van der Waals surface area contributed by atoms with Crippen LogP contribution in [0.2, 0.25) is 0 Å². The Labute approximate surface area is 124 Å². The molecular formula is C14H21N7. The number of anilines is 2. The molecule has 3 N–H and O–H groups in total. The number of nitrogens with zero attached hydrogens (tertiary/aromatic N) is 5. The van der Waals surface area contributed by atoms with E-state index in [1.807, 2.05) is 0 Å². The number of rotatable bonds is 4. The van der Waals surface area contributed by atoms with Crippen LogP contribution in [0.3, 0.4) is 0 Å². The molecule has 0 saturated heterocycles. The molecule has 2 aromatic rings. The van der Waals surface area contributed by atoms with Crippen molar-refractivity contribution in [3.05, 3.63) is 18.7 Å². The highest BCUT2D eigenvalue weighted by Crippen LogP contribution is 2.28. The lowest BCUT2D eigenvalue weighted by molar-refractivity contribution is 0.316. The minimum atomic E-state index is 0.222. The van der Waals surface area contributed by atoms with Crippen LogP contribution in [-0.2, 0) is 0 Å². The highest BCUT2D eigenvalue weighted by molar-refractivity contribution is 5.36. The van der Waals surface area contributed by atoms with Crippen LogP contribution < -0.4 is 11.1 Å². The summed E-state index contributed by atoms with van der Waals surface area (Å²) in [6, 6.07) is 0.418. The van der Waals surface area contributed by atoms with Crippen molar-refractivity contribution >= 4 is 11.9 Å². The smallest absolute Gasteiger partial charge is 0.241 e. The first-order chi connectivity index (χ1) is 10.3. The largest absolute Gasteiger partial charge is 0.368 e. The molecule has 1 aliphatic carbocycles. The molecule has 1 fully saturated rings. The van der Waals surface area contributed by atoms with Crippen LogP contribution in [-0.4, -0.2) is 30.5 Å². The standard InChI is InChI=1S/C14H21N7/c1-2-10-5-3-4-6-11(10)17-13-18-12(15)19-14(20-13)21-8-7-16-9-21/h7-11H,2-6H2,1H3,(H3,15,17,18,19,20). The van der Waals surface area contributed by atoms with E-state index in [0.29, 0.717) is 23.9 Å². The topological polar surface area (TPSA) is 94.5 Å². The Bertz CT molecular complexity index is 581. The Kier molecular flexibility index (Phi) is 3.98. The van der Waals surface area contributed by atoms with Crippen molar-refractivity contribution in [2.75, 3.05) is 11.1 Å². The van der Waals surface area contributed by atoms with Crippen molar-refractivity contribution in [2.24, 2.45) is 5.92 Å². The van der Waals surface area contributed by atoms with Crippen LogP contribution in [0.1, 0.15) is 39.0 Å². The third-order valence-electron chi connectivity index (χ3n) is 4.12. The van der Waals surface area contributed by atoms with Crippen LogP contribution in [0, 0.1) is 5.92 Å². The van der Waals surface area contributed by atoms with Gasteiger partial charge in [-0.3, -0.25) is 4.57 Å². The highest BCUT2D eigenvalue weighted by Gasteiger charge is 2.24. The van der Waals surface area contributed by atoms with Gasteiger partial charge in [0.2, 0.25) is 17.8 Å². The number of nitrogens with two attached hydrogens (primary N) is 1. The molecule has 0 bridgehead atoms. The maximum atomic E-state index is 5.80. The number of aromatic nitrogens is 5. The van der Waals surface area contributed by atoms with Gasteiger partial charge in [0, 0.05) is 18.4 Å². The third kappa shape index (κ3) is 3.12. The molecule has 0 spiro atoms. The lowest BCUT2D eigenvalue weighted by atomic mass is 9.83. The Morgan fingerprint density at radius 2 is 2.14 bits per heavy atom. The minimum Gasteiger partial charge on any atom is -0.368 e. The SMILES string of the molecule is CCC1CCCCC1Nc1nc(N)nc(-n2ccnc2)n1. The highest BCUT2D eigenvalue weighted by atomic mass is 15.3. The van der Waals surface area contributed by atoms with Crippen LogP contribution in [0.15, 0.2) is 18.7 Å². The van der Waals surface area contributed by atoms with Crippen molar-refractivity contribution in [1.29, 1.82) is 0 Å². The van der Waals surface area contributed by atoms with Gasteiger partial charge >= 0.3 is 0 Å². The minimum absolute atomic E-state index is 0.222. The molecule has 0 radical (unpaired) electrons. The summed E-state index contributed by atoms with van der Waals surface area (Å²) < 4.78 is 1.72. The van der Waals surface area contributed by atoms with Crippen molar-refractivity contribution < 1.29 is 0 Å². The van der Waals surface area contributed by atoms with Crippen molar-refractivity contribution in [3.8, 4) is 5.95 Å². The first-order valence-electron chi connectivity index (χ1n) is 7.52. The van der Waals surface area contributed by atoms with Gasteiger partial charge in [-0.2, -0.15) is 15.0 Å². The Balaban J connectivity index is 1.82. The monoisotopic (exact) mass is 287 g/mol. The molecule has 2 atom stereocenters. The van der Waals surface area contributed by atoms with E-state index in [4.69, 9.17) is 5.73 Å². The predicted molar refractivity (Wildman–Crippen MR) is 81.0 cm³/mol. The van der Waals surface area contributed by atoms with E-state index in [2.05, 4.69) is 32.2 Å². The van der Waals surface area contributed by atoms with Gasteiger partial charge in [-0.05, 0) is 18.8 Å². The second-order valence-corrected chi connectivity index (χ2v) is 5.49. The van der Waals surface area contributed by atoms with E-state index in [1.54, 1.807) is 23.3 Å². The van der Waals surface area contributed by atoms with Gasteiger partial charge in [0.25, 0.3) is 0 Å². The lowest BCUT2D eigenvalue weighted by Gasteiger charge is -2.31. The molecule has 0 aromatic carbocycles. The summed E-state index contributed by atoms with van der Waals surface area (Å²) in [5.41, 5.74) is 5.80. The van der Waals surface area contributed by atoms with Crippen molar-refractivity contribution in [1.82, 2.24) is 24.5 Å². The van der Waals surface area contributed by atoms with Crippen LogP contribution in [0.25, 0.3) is 5.95 Å². The average Bonchev–Trinajstić information content (AvgIpc) is 3.01. The van der Waals surface area contributed by atoms with E-state index < -0.39 is 0 Å². The fourth-order valence-electron chi connectivity index (χ4n) is 2.99. The van der Waals surface area contributed by atoms with E-state index in [-0.39, 0.29) is 5.95 Å². The lowest BCUT2D eigenvalue weighted by Crippen LogP contribution is -2.32. The zero-order valence-electron chi connectivity index (χ0n) is 12.2. The summed E-state index contributed by atoms with van der Waals surface area (Å²) in [6.45, 7) is 2.24. The van der Waals surface area contributed by atoms with Gasteiger partial charge in [0.05, 0.1) is 0 Å². The second kappa shape index (κ2) is 6.07. The van der Waals surface area contributed by atoms with Gasteiger partial charge in [0.15, 0.2) is 0 Å². The van der Waals surface area contributed by atoms with E-state index in [0.717, 1.165) is 6.42 Å². The molecule has 21 heavy (non-hydrogen) atoms. The quantitative estimate of drug-likeness (QED) is 0.893. The summed E-state index contributed by atoms with van der Waals surface area (Å²) in [5.74, 6) is 1.94. The van der Waals surface area contributed by atoms with Gasteiger partial charge in [0.1, 0.15) is 6.33 Å². The molecule has 7 heteroatoms. The van der Waals surface area contributed by atoms with Gasteiger partial charge in [-0.25, -0.2) is 4.98 Å². The molecule has 0 aliphatic heterocycles. The first kappa shape index (κ1) is 13.8. The van der Waals surface area contributed by atoms with E-state index >= 15 is 0 Å². The van der Waals surface area contributed by atoms with E-state index in [9.17, 15) is 0 Å². The molecule has 2 heterocycles.